The van der Waals surface area contributed by atoms with Crippen LogP contribution in [0.5, 0.6) is 0 Å². The maximum Gasteiger partial charge on any atom is 0.0538 e. The normalized spacial score (nSPS) is 18.1. The molecule has 3 heteroatoms. The fraction of sp³-hybridized carbons (Fsp3) is 0.132. The lowest BCUT2D eigenvalue weighted by Gasteiger charge is -2.29. The molecule has 7 aromatic rings. The summed E-state index contributed by atoms with van der Waals surface area (Å²) in [5, 5.41) is 1.82. The molecule has 6 aromatic carbocycles. The Morgan fingerprint density at radius 2 is 1.54 bits per heavy atom. The van der Waals surface area contributed by atoms with Crippen LogP contribution in [-0.4, -0.2) is 9.82 Å². The molecule has 2 N–H and O–H groups in total. The van der Waals surface area contributed by atoms with Crippen molar-refractivity contribution >= 4 is 46.0 Å². The van der Waals surface area contributed by atoms with Crippen molar-refractivity contribution in [1.82, 2.24) is 4.57 Å². The number of aromatic nitrogens is 1. The van der Waals surface area contributed by atoms with Gasteiger partial charge in [-0.25, -0.2) is 0 Å². The van der Waals surface area contributed by atoms with Crippen molar-refractivity contribution in [1.29, 1.82) is 0 Å². The molecule has 56 heavy (non-hydrogen) atoms. The minimum absolute atomic E-state index is 0.214. The van der Waals surface area contributed by atoms with Crippen molar-refractivity contribution in [2.75, 3.05) is 0 Å². The highest BCUT2D eigenvalue weighted by Crippen LogP contribution is 2.54. The van der Waals surface area contributed by atoms with Crippen molar-refractivity contribution in [2.24, 2.45) is 5.73 Å². The van der Waals surface area contributed by atoms with Crippen molar-refractivity contribution in [3.8, 4) is 16.8 Å². The van der Waals surface area contributed by atoms with Crippen LogP contribution >= 0.6 is 11.8 Å². The molecule has 272 valence electrons. The number of aryl methyl sites for hydroxylation is 1. The van der Waals surface area contributed by atoms with E-state index < -0.39 is 0 Å². The minimum atomic E-state index is -0.214. The van der Waals surface area contributed by atoms with Gasteiger partial charge in [-0.05, 0) is 118 Å². The summed E-state index contributed by atoms with van der Waals surface area (Å²) in [6.45, 7) is 0. The van der Waals surface area contributed by atoms with E-state index in [0.717, 1.165) is 36.0 Å². The van der Waals surface area contributed by atoms with Crippen LogP contribution in [0, 0.1) is 0 Å². The maximum absolute atomic E-state index is 6.74. The average molecular weight is 741 g/mol. The number of rotatable bonds is 8. The predicted molar refractivity (Wildman–Crippen MR) is 239 cm³/mol. The van der Waals surface area contributed by atoms with Crippen molar-refractivity contribution < 1.29 is 0 Å². The minimum Gasteiger partial charge on any atom is -0.321 e. The summed E-state index contributed by atoms with van der Waals surface area (Å²) in [6.07, 6.45) is 18.2. The fourth-order valence-corrected chi connectivity index (χ4v) is 10.7. The number of hydrogen-bond donors (Lipinski definition) is 1. The monoisotopic (exact) mass is 740 g/mol. The quantitative estimate of drug-likeness (QED) is 0.157. The van der Waals surface area contributed by atoms with E-state index in [4.69, 9.17) is 5.73 Å². The van der Waals surface area contributed by atoms with Gasteiger partial charge in [0.1, 0.15) is 0 Å². The average Bonchev–Trinajstić information content (AvgIpc) is 3.81. The smallest absolute Gasteiger partial charge is 0.0538 e. The van der Waals surface area contributed by atoms with Gasteiger partial charge in [0.05, 0.1) is 5.52 Å². The molecule has 0 amide bonds. The van der Waals surface area contributed by atoms with Crippen LogP contribution < -0.4 is 5.73 Å². The second kappa shape index (κ2) is 15.0. The van der Waals surface area contributed by atoms with Gasteiger partial charge in [0.2, 0.25) is 0 Å². The third-order valence-corrected chi connectivity index (χ3v) is 13.3. The van der Waals surface area contributed by atoms with Gasteiger partial charge < -0.3 is 10.3 Å². The van der Waals surface area contributed by atoms with E-state index in [-0.39, 0.29) is 6.04 Å². The molecule has 0 radical (unpaired) electrons. The lowest BCUT2D eigenvalue weighted by atomic mass is 9.81. The molecule has 3 unspecified atom stereocenters. The highest BCUT2D eigenvalue weighted by molar-refractivity contribution is 8.01. The summed E-state index contributed by atoms with van der Waals surface area (Å²) in [6, 6.07) is 54.9. The molecule has 0 bridgehead atoms. The van der Waals surface area contributed by atoms with Gasteiger partial charge in [0.25, 0.3) is 0 Å². The summed E-state index contributed by atoms with van der Waals surface area (Å²) in [7, 11) is 0. The Bertz CT molecular complexity index is 2690. The number of fused-ring (bicyclic) bond motifs is 6. The molecule has 0 saturated heterocycles. The van der Waals surface area contributed by atoms with Crippen LogP contribution in [0.15, 0.2) is 181 Å². The molecule has 2 nitrogen and oxygen atoms in total. The molecule has 3 aliphatic rings. The Hall–Kier alpha value is -5.87. The highest BCUT2D eigenvalue weighted by atomic mass is 32.2. The Morgan fingerprint density at radius 3 is 2.41 bits per heavy atom. The lowest BCUT2D eigenvalue weighted by Crippen LogP contribution is -2.18. The van der Waals surface area contributed by atoms with Gasteiger partial charge in [-0.1, -0.05) is 152 Å². The number of allylic oxidation sites excluding steroid dienone is 4. The van der Waals surface area contributed by atoms with E-state index in [1.165, 1.54) is 72.6 Å². The van der Waals surface area contributed by atoms with Crippen LogP contribution in [0.1, 0.15) is 70.3 Å². The van der Waals surface area contributed by atoms with Crippen LogP contribution in [0.3, 0.4) is 0 Å². The van der Waals surface area contributed by atoms with E-state index in [2.05, 4.69) is 186 Å². The summed E-state index contributed by atoms with van der Waals surface area (Å²) in [5.74, 6) is 0.489. The number of nitrogens with zero attached hydrogens (tertiary/aromatic N) is 1. The highest BCUT2D eigenvalue weighted by Gasteiger charge is 2.36. The molecule has 0 spiro atoms. The zero-order chi connectivity index (χ0) is 37.4. The van der Waals surface area contributed by atoms with E-state index in [9.17, 15) is 0 Å². The summed E-state index contributed by atoms with van der Waals surface area (Å²) < 4.78 is 2.52. The zero-order valence-corrected chi connectivity index (χ0v) is 32.2. The molecule has 10 rings (SSSR count). The van der Waals surface area contributed by atoms with Gasteiger partial charge in [-0.2, -0.15) is 0 Å². The Kier molecular flexibility index (Phi) is 9.26. The van der Waals surface area contributed by atoms with Crippen molar-refractivity contribution in [2.45, 2.75) is 47.8 Å². The van der Waals surface area contributed by atoms with E-state index >= 15 is 0 Å². The number of hydrogen-bond acceptors (Lipinski definition) is 2. The van der Waals surface area contributed by atoms with Crippen molar-refractivity contribution in [3.63, 3.8) is 0 Å². The predicted octanol–water partition coefficient (Wildman–Crippen LogP) is 13.5. The standard InChI is InChI=1S/C53H44N2S/c54-49(38-18-5-2-6-19-38)35-39(36-15-3-1-4-16-36)30-29-37-17-7-8-22-43(37)41-31-32-51-48(34-41)45-23-9-11-27-50(45)55(51)42-21-13-20-40(33-42)44-25-14-26-47-46-24-10-12-28-52(46)56-53(44)47/h1-8,10-13,15-22,24,26-35,44,49,53H,9,14,23,25,54H2/b30-29+,39-35+. The molecule has 2 heterocycles. The van der Waals surface area contributed by atoms with Crippen LogP contribution in [0.4, 0.5) is 0 Å². The Morgan fingerprint density at radius 1 is 0.750 bits per heavy atom. The van der Waals surface area contributed by atoms with Crippen LogP contribution in [0.2, 0.25) is 0 Å². The van der Waals surface area contributed by atoms with Crippen LogP contribution in [0.25, 0.3) is 51.0 Å². The number of nitrogens with two attached hydrogens (primary N) is 1. The SMILES string of the molecule is NC(/C=C(\C=C\c1ccccc1-c1ccc2c(c1)c1c(n2-c2cccc(C3CCC=C4c5ccccc5SC43)c2)C=CCC1)c1ccccc1)c1ccccc1. The van der Waals surface area contributed by atoms with E-state index in [1.807, 2.05) is 18.2 Å². The van der Waals surface area contributed by atoms with Gasteiger partial charge in [-0.3, -0.25) is 0 Å². The zero-order valence-electron chi connectivity index (χ0n) is 31.4. The number of thioether (sulfide) groups is 1. The Balaban J connectivity index is 1.01. The third-order valence-electron chi connectivity index (χ3n) is 11.8. The lowest BCUT2D eigenvalue weighted by molar-refractivity contribution is 0.640. The first-order valence-corrected chi connectivity index (χ1v) is 20.8. The molecule has 1 aliphatic heterocycles. The topological polar surface area (TPSA) is 30.9 Å². The van der Waals surface area contributed by atoms with Gasteiger partial charge in [0, 0.05) is 38.9 Å². The molecular formula is C53H44N2S. The van der Waals surface area contributed by atoms with Gasteiger partial charge in [0.15, 0.2) is 0 Å². The third kappa shape index (κ3) is 6.41. The van der Waals surface area contributed by atoms with E-state index in [0.29, 0.717) is 11.2 Å². The summed E-state index contributed by atoms with van der Waals surface area (Å²) in [4.78, 5) is 1.43. The van der Waals surface area contributed by atoms with Crippen molar-refractivity contribution in [3.05, 3.63) is 215 Å². The maximum atomic E-state index is 6.74. The van der Waals surface area contributed by atoms with Gasteiger partial charge in [-0.15, -0.1) is 11.8 Å². The first-order chi connectivity index (χ1) is 27.7. The molecule has 0 saturated carbocycles. The second-order valence-corrected chi connectivity index (χ2v) is 16.4. The molecule has 1 aromatic heterocycles. The first-order valence-electron chi connectivity index (χ1n) is 20.0. The first kappa shape index (κ1) is 34.6. The van der Waals surface area contributed by atoms with Gasteiger partial charge >= 0.3 is 0 Å². The number of benzene rings is 6. The molecule has 3 atom stereocenters. The summed E-state index contributed by atoms with van der Waals surface area (Å²) in [5.41, 5.74) is 23.4. The Labute approximate surface area is 334 Å². The summed E-state index contributed by atoms with van der Waals surface area (Å²) >= 11 is 2.06. The van der Waals surface area contributed by atoms with E-state index in [1.54, 1.807) is 0 Å². The largest absolute Gasteiger partial charge is 0.321 e. The molecule has 0 fully saturated rings. The van der Waals surface area contributed by atoms with Crippen LogP contribution in [-0.2, 0) is 6.42 Å². The molecule has 2 aliphatic carbocycles. The fourth-order valence-electron chi connectivity index (χ4n) is 9.10. The molecular weight excluding hydrogens is 697 g/mol. The second-order valence-electron chi connectivity index (χ2n) is 15.2.